The van der Waals surface area contributed by atoms with Gasteiger partial charge in [0.15, 0.2) is 0 Å². The molecule has 0 aliphatic carbocycles. The highest BCUT2D eigenvalue weighted by Crippen LogP contribution is 2.35. The lowest BCUT2D eigenvalue weighted by molar-refractivity contribution is -0.112. The van der Waals surface area contributed by atoms with E-state index in [9.17, 15) is 9.59 Å². The van der Waals surface area contributed by atoms with Crippen LogP contribution in [0, 0.1) is 17.2 Å². The predicted octanol–water partition coefficient (Wildman–Crippen LogP) is 2.96. The lowest BCUT2D eigenvalue weighted by Crippen LogP contribution is -2.29. The average Bonchev–Trinajstić information content (AvgIpc) is 2.69. The second kappa shape index (κ2) is 6.27. The van der Waals surface area contributed by atoms with E-state index in [4.69, 9.17) is 5.26 Å². The van der Waals surface area contributed by atoms with E-state index >= 15 is 0 Å². The van der Waals surface area contributed by atoms with Crippen molar-refractivity contribution >= 4 is 39.0 Å². The topological polar surface area (TPSA) is 73.2 Å². The summed E-state index contributed by atoms with van der Waals surface area (Å²) in [6.45, 7) is 5.60. The van der Waals surface area contributed by atoms with Gasteiger partial charge in [0.2, 0.25) is 0 Å². The highest BCUT2D eigenvalue weighted by Gasteiger charge is 2.29. The van der Waals surface area contributed by atoms with Crippen molar-refractivity contribution in [1.82, 2.24) is 0 Å². The van der Waals surface area contributed by atoms with Crippen molar-refractivity contribution in [1.29, 1.82) is 5.26 Å². The van der Waals surface area contributed by atoms with Crippen molar-refractivity contribution in [3.63, 3.8) is 0 Å². The number of halogens is 1. The molecule has 0 fully saturated rings. The Bertz CT molecular complexity index is 635. The number of Topliss-reactive ketones (excluding diaryl/α,β-unsaturated/α-hetero) is 1. The van der Waals surface area contributed by atoms with Crippen LogP contribution in [0.5, 0.6) is 0 Å². The van der Waals surface area contributed by atoms with Crippen molar-refractivity contribution in [2.24, 2.45) is 5.92 Å². The Morgan fingerprint density at radius 2 is 2.10 bits per heavy atom. The molecule has 1 amide bonds. The number of anilines is 2. The minimum Gasteiger partial charge on any atom is -0.369 e. The third-order valence-corrected chi connectivity index (χ3v) is 3.84. The van der Waals surface area contributed by atoms with Gasteiger partial charge in [0.05, 0.1) is 29.4 Å². The van der Waals surface area contributed by atoms with Crippen LogP contribution in [0.3, 0.4) is 0 Å². The predicted molar refractivity (Wildman–Crippen MR) is 84.4 cm³/mol. The van der Waals surface area contributed by atoms with Gasteiger partial charge < -0.3 is 10.2 Å². The third-order valence-electron chi connectivity index (χ3n) is 3.21. The highest BCUT2D eigenvalue weighted by atomic mass is 79.9. The SMILES string of the molecule is CC(C)CN(CCC#N)c1cc2c(cc1Br)C(=O)C(=O)N2. The molecule has 1 heterocycles. The Balaban J connectivity index is 2.38. The van der Waals surface area contributed by atoms with Crippen LogP contribution >= 0.6 is 15.9 Å². The molecule has 5 nitrogen and oxygen atoms in total. The molecule has 1 aliphatic rings. The van der Waals surface area contributed by atoms with Gasteiger partial charge in [0.25, 0.3) is 11.7 Å². The van der Waals surface area contributed by atoms with Crippen LogP contribution in [0.25, 0.3) is 0 Å². The lowest BCUT2D eigenvalue weighted by Gasteiger charge is -2.27. The summed E-state index contributed by atoms with van der Waals surface area (Å²) in [5, 5.41) is 11.4. The fourth-order valence-electron chi connectivity index (χ4n) is 2.33. The van der Waals surface area contributed by atoms with Crippen LogP contribution < -0.4 is 10.2 Å². The quantitative estimate of drug-likeness (QED) is 0.829. The monoisotopic (exact) mass is 349 g/mol. The summed E-state index contributed by atoms with van der Waals surface area (Å²) >= 11 is 3.46. The second-order valence-corrected chi connectivity index (χ2v) is 6.23. The Kier molecular flexibility index (Phi) is 4.63. The number of fused-ring (bicyclic) bond motifs is 1. The van der Waals surface area contributed by atoms with E-state index < -0.39 is 11.7 Å². The summed E-state index contributed by atoms with van der Waals surface area (Å²) in [6.07, 6.45) is 0.418. The van der Waals surface area contributed by atoms with E-state index in [0.717, 1.165) is 16.7 Å². The molecule has 110 valence electrons. The standard InChI is InChI=1S/C15H16BrN3O2/c1-9(2)8-19(5-3-4-17)13-7-12-10(6-11(13)16)14(20)15(21)18-12/h6-7,9H,3,5,8H2,1-2H3,(H,18,20,21). The van der Waals surface area contributed by atoms with Gasteiger partial charge in [0, 0.05) is 17.6 Å². The number of benzene rings is 1. The normalized spacial score (nSPS) is 13.1. The number of rotatable bonds is 5. The van der Waals surface area contributed by atoms with Gasteiger partial charge in [-0.25, -0.2) is 0 Å². The molecule has 0 bridgehead atoms. The third kappa shape index (κ3) is 3.24. The Hall–Kier alpha value is -1.87. The molecule has 1 aromatic carbocycles. The number of ketones is 1. The Labute approximate surface area is 132 Å². The van der Waals surface area contributed by atoms with Crippen molar-refractivity contribution in [2.75, 3.05) is 23.3 Å². The number of carbonyl (C=O) groups excluding carboxylic acids is 2. The molecule has 0 saturated carbocycles. The maximum atomic E-state index is 11.7. The first-order valence-corrected chi connectivity index (χ1v) is 7.54. The maximum absolute atomic E-state index is 11.7. The highest BCUT2D eigenvalue weighted by molar-refractivity contribution is 9.10. The molecule has 0 atom stereocenters. The van der Waals surface area contributed by atoms with Gasteiger partial charge in [-0.3, -0.25) is 9.59 Å². The number of hydrogen-bond donors (Lipinski definition) is 1. The minimum atomic E-state index is -0.596. The van der Waals surface area contributed by atoms with Crippen LogP contribution in [-0.4, -0.2) is 24.8 Å². The Morgan fingerprint density at radius 3 is 2.71 bits per heavy atom. The van der Waals surface area contributed by atoms with Gasteiger partial charge in [-0.05, 0) is 34.0 Å². The van der Waals surface area contributed by atoms with E-state index in [1.54, 1.807) is 12.1 Å². The number of carbonyl (C=O) groups is 2. The molecule has 1 aliphatic heterocycles. The molecule has 0 saturated heterocycles. The molecule has 1 N–H and O–H groups in total. The molecule has 0 spiro atoms. The van der Waals surface area contributed by atoms with Crippen molar-refractivity contribution in [3.05, 3.63) is 22.2 Å². The van der Waals surface area contributed by atoms with Gasteiger partial charge in [-0.15, -0.1) is 0 Å². The van der Waals surface area contributed by atoms with Crippen molar-refractivity contribution < 1.29 is 9.59 Å². The van der Waals surface area contributed by atoms with Gasteiger partial charge in [0.1, 0.15) is 0 Å². The zero-order valence-corrected chi connectivity index (χ0v) is 13.5. The average molecular weight is 350 g/mol. The minimum absolute atomic E-state index is 0.389. The molecule has 1 aromatic rings. The molecule has 0 radical (unpaired) electrons. The molecule has 2 rings (SSSR count). The Morgan fingerprint density at radius 1 is 1.38 bits per heavy atom. The number of nitrogens with one attached hydrogen (secondary N) is 1. The summed E-state index contributed by atoms with van der Waals surface area (Å²) in [7, 11) is 0. The molecule has 21 heavy (non-hydrogen) atoms. The number of amides is 1. The van der Waals surface area contributed by atoms with Gasteiger partial charge in [-0.1, -0.05) is 13.8 Å². The number of nitrogens with zero attached hydrogens (tertiary/aromatic N) is 2. The summed E-state index contributed by atoms with van der Waals surface area (Å²) in [4.78, 5) is 25.2. The van der Waals surface area contributed by atoms with E-state index in [2.05, 4.69) is 46.1 Å². The van der Waals surface area contributed by atoms with Crippen LogP contribution in [0.1, 0.15) is 30.6 Å². The second-order valence-electron chi connectivity index (χ2n) is 5.38. The summed E-state index contributed by atoms with van der Waals surface area (Å²) < 4.78 is 0.754. The number of nitriles is 1. The largest absolute Gasteiger partial charge is 0.369 e. The first kappa shape index (κ1) is 15.5. The first-order chi connectivity index (χ1) is 9.93. The van der Waals surface area contributed by atoms with Crippen LogP contribution in [0.2, 0.25) is 0 Å². The zero-order valence-electron chi connectivity index (χ0n) is 11.9. The van der Waals surface area contributed by atoms with E-state index in [1.807, 2.05) is 0 Å². The van der Waals surface area contributed by atoms with Crippen LogP contribution in [-0.2, 0) is 4.79 Å². The molecular weight excluding hydrogens is 334 g/mol. The molecular formula is C15H16BrN3O2. The fraction of sp³-hybridized carbons (Fsp3) is 0.400. The fourth-order valence-corrected chi connectivity index (χ4v) is 2.93. The van der Waals surface area contributed by atoms with E-state index in [0.29, 0.717) is 30.1 Å². The maximum Gasteiger partial charge on any atom is 0.296 e. The molecule has 0 aromatic heterocycles. The van der Waals surface area contributed by atoms with Crippen molar-refractivity contribution in [2.45, 2.75) is 20.3 Å². The first-order valence-electron chi connectivity index (χ1n) is 6.75. The van der Waals surface area contributed by atoms with Crippen molar-refractivity contribution in [3.8, 4) is 6.07 Å². The molecule has 0 unspecified atom stereocenters. The smallest absolute Gasteiger partial charge is 0.296 e. The van der Waals surface area contributed by atoms with Gasteiger partial charge >= 0.3 is 0 Å². The van der Waals surface area contributed by atoms with Crippen LogP contribution in [0.15, 0.2) is 16.6 Å². The lowest BCUT2D eigenvalue weighted by atomic mass is 10.1. The summed E-state index contributed by atoms with van der Waals surface area (Å²) in [5.74, 6) is -0.675. The van der Waals surface area contributed by atoms with Crippen LogP contribution in [0.4, 0.5) is 11.4 Å². The van der Waals surface area contributed by atoms with Gasteiger partial charge in [-0.2, -0.15) is 5.26 Å². The summed E-state index contributed by atoms with van der Waals surface area (Å²) in [6, 6.07) is 5.61. The summed E-state index contributed by atoms with van der Waals surface area (Å²) in [5.41, 5.74) is 1.81. The zero-order chi connectivity index (χ0) is 15.6. The van der Waals surface area contributed by atoms with E-state index in [1.165, 1.54) is 0 Å². The molecule has 6 heteroatoms. The van der Waals surface area contributed by atoms with E-state index in [-0.39, 0.29) is 0 Å². The number of hydrogen-bond acceptors (Lipinski definition) is 4.